The van der Waals surface area contributed by atoms with Gasteiger partial charge >= 0.3 is 0 Å². The SMILES string of the molecule is Cc1nc(CNC(=O)CCN2C(=O)c3ccccc3S2(=O)=O)cs1. The first-order valence-electron chi connectivity index (χ1n) is 7.23. The number of nitrogens with zero attached hydrogens (tertiary/aromatic N) is 2. The van der Waals surface area contributed by atoms with Crippen LogP contribution in [0.25, 0.3) is 0 Å². The fourth-order valence-corrected chi connectivity index (χ4v) is 4.60. The van der Waals surface area contributed by atoms with Gasteiger partial charge in [-0.05, 0) is 19.1 Å². The maximum atomic E-state index is 12.4. The summed E-state index contributed by atoms with van der Waals surface area (Å²) in [5, 5.41) is 5.43. The van der Waals surface area contributed by atoms with Gasteiger partial charge in [0.25, 0.3) is 15.9 Å². The molecule has 0 unspecified atom stereocenters. The van der Waals surface area contributed by atoms with Crippen LogP contribution in [0, 0.1) is 6.92 Å². The quantitative estimate of drug-likeness (QED) is 0.862. The van der Waals surface area contributed by atoms with Crippen LogP contribution in [0.2, 0.25) is 0 Å². The molecule has 0 aliphatic carbocycles. The molecule has 2 heterocycles. The van der Waals surface area contributed by atoms with Crippen LogP contribution in [0.3, 0.4) is 0 Å². The molecule has 2 aromatic rings. The van der Waals surface area contributed by atoms with E-state index in [2.05, 4.69) is 10.3 Å². The molecule has 1 aromatic carbocycles. The van der Waals surface area contributed by atoms with E-state index in [9.17, 15) is 18.0 Å². The van der Waals surface area contributed by atoms with Crippen LogP contribution in [0.15, 0.2) is 34.5 Å². The number of carbonyl (C=O) groups is 2. The van der Waals surface area contributed by atoms with Crippen molar-refractivity contribution in [3.63, 3.8) is 0 Å². The summed E-state index contributed by atoms with van der Waals surface area (Å²) < 4.78 is 25.5. The molecule has 9 heteroatoms. The van der Waals surface area contributed by atoms with E-state index in [0.29, 0.717) is 0 Å². The van der Waals surface area contributed by atoms with E-state index in [1.165, 1.54) is 23.5 Å². The van der Waals surface area contributed by atoms with Crippen molar-refractivity contribution < 1.29 is 18.0 Å². The van der Waals surface area contributed by atoms with E-state index < -0.39 is 15.9 Å². The van der Waals surface area contributed by atoms with Gasteiger partial charge in [0.15, 0.2) is 0 Å². The summed E-state index contributed by atoms with van der Waals surface area (Å²) in [6.45, 7) is 1.97. The lowest BCUT2D eigenvalue weighted by Crippen LogP contribution is -2.34. The summed E-state index contributed by atoms with van der Waals surface area (Å²) in [5.41, 5.74) is 0.902. The van der Waals surface area contributed by atoms with Crippen molar-refractivity contribution in [2.24, 2.45) is 0 Å². The highest BCUT2D eigenvalue weighted by molar-refractivity contribution is 7.90. The topological polar surface area (TPSA) is 96.4 Å². The van der Waals surface area contributed by atoms with Crippen LogP contribution in [-0.2, 0) is 21.4 Å². The average molecular weight is 365 g/mol. The van der Waals surface area contributed by atoms with Gasteiger partial charge in [0, 0.05) is 18.3 Å². The fraction of sp³-hybridized carbons (Fsp3) is 0.267. The lowest BCUT2D eigenvalue weighted by molar-refractivity contribution is -0.121. The normalized spacial score (nSPS) is 15.4. The van der Waals surface area contributed by atoms with Crippen LogP contribution in [-0.4, -0.2) is 36.1 Å². The predicted octanol–water partition coefficient (Wildman–Crippen LogP) is 1.30. The number of benzene rings is 1. The number of hydrogen-bond donors (Lipinski definition) is 1. The molecule has 0 bridgehead atoms. The second kappa shape index (κ2) is 6.33. The minimum absolute atomic E-state index is 0.00615. The molecular weight excluding hydrogens is 350 g/mol. The van der Waals surface area contributed by atoms with Gasteiger partial charge in [-0.2, -0.15) is 0 Å². The average Bonchev–Trinajstić information content (AvgIpc) is 3.05. The zero-order chi connectivity index (χ0) is 17.3. The Balaban J connectivity index is 1.61. The fourth-order valence-electron chi connectivity index (χ4n) is 2.42. The molecule has 0 radical (unpaired) electrons. The van der Waals surface area contributed by atoms with Crippen molar-refractivity contribution in [3.8, 4) is 0 Å². The van der Waals surface area contributed by atoms with Gasteiger partial charge < -0.3 is 5.32 Å². The Hall–Kier alpha value is -2.26. The Kier molecular flexibility index (Phi) is 4.37. The first kappa shape index (κ1) is 16.6. The molecule has 0 fully saturated rings. The number of nitrogens with one attached hydrogen (secondary N) is 1. The Labute approximate surface area is 143 Å². The summed E-state index contributed by atoms with van der Waals surface area (Å²) >= 11 is 1.49. The van der Waals surface area contributed by atoms with Crippen LogP contribution in [0.5, 0.6) is 0 Å². The molecule has 24 heavy (non-hydrogen) atoms. The molecule has 0 saturated carbocycles. The molecule has 3 rings (SSSR count). The summed E-state index contributed by atoms with van der Waals surface area (Å²) in [7, 11) is -3.86. The number of hydrogen-bond acceptors (Lipinski definition) is 6. The number of thiazole rings is 1. The molecule has 1 N–H and O–H groups in total. The highest BCUT2D eigenvalue weighted by Gasteiger charge is 2.40. The maximum Gasteiger partial charge on any atom is 0.269 e. The van der Waals surface area contributed by atoms with Crippen molar-refractivity contribution in [3.05, 3.63) is 45.9 Å². The van der Waals surface area contributed by atoms with Gasteiger partial charge in [0.1, 0.15) is 4.90 Å². The smallest absolute Gasteiger partial charge is 0.269 e. The highest BCUT2D eigenvalue weighted by atomic mass is 32.2. The molecule has 1 aliphatic rings. The van der Waals surface area contributed by atoms with Gasteiger partial charge in [-0.25, -0.2) is 17.7 Å². The maximum absolute atomic E-state index is 12.4. The third-order valence-electron chi connectivity index (χ3n) is 3.59. The number of aromatic nitrogens is 1. The Bertz CT molecular complexity index is 905. The number of aryl methyl sites for hydroxylation is 1. The van der Waals surface area contributed by atoms with Crippen LogP contribution < -0.4 is 5.32 Å². The lowest BCUT2D eigenvalue weighted by Gasteiger charge is -2.14. The van der Waals surface area contributed by atoms with Crippen LogP contribution >= 0.6 is 11.3 Å². The van der Waals surface area contributed by atoms with Gasteiger partial charge in [-0.15, -0.1) is 11.3 Å². The monoisotopic (exact) mass is 365 g/mol. The van der Waals surface area contributed by atoms with Crippen LogP contribution in [0.4, 0.5) is 0 Å². The minimum Gasteiger partial charge on any atom is -0.350 e. The van der Waals surface area contributed by atoms with E-state index in [0.717, 1.165) is 15.0 Å². The summed E-state index contributed by atoms with van der Waals surface area (Å²) in [5.74, 6) is -0.923. The molecule has 1 aromatic heterocycles. The Morgan fingerprint density at radius 1 is 1.33 bits per heavy atom. The van der Waals surface area contributed by atoms with E-state index >= 15 is 0 Å². The molecule has 0 saturated heterocycles. The van der Waals surface area contributed by atoms with E-state index in [4.69, 9.17) is 0 Å². The zero-order valence-corrected chi connectivity index (χ0v) is 14.5. The van der Waals surface area contributed by atoms with E-state index in [-0.39, 0.29) is 35.9 Å². The molecule has 0 atom stereocenters. The minimum atomic E-state index is -3.86. The van der Waals surface area contributed by atoms with Gasteiger partial charge in [0.05, 0.1) is 22.8 Å². The van der Waals surface area contributed by atoms with Gasteiger partial charge in [-0.1, -0.05) is 12.1 Å². The number of sulfonamides is 1. The standard InChI is InChI=1S/C15H15N3O4S2/c1-10-17-11(9-23-10)8-16-14(19)6-7-18-15(20)12-4-2-3-5-13(12)24(18,21)22/h2-5,9H,6-8H2,1H3,(H,16,19). The molecule has 2 amide bonds. The summed E-state index contributed by atoms with van der Waals surface area (Å²) in [4.78, 5) is 28.3. The summed E-state index contributed by atoms with van der Waals surface area (Å²) in [6.07, 6.45) is -0.0952. The van der Waals surface area contributed by atoms with Crippen molar-refractivity contribution in [1.29, 1.82) is 0 Å². The summed E-state index contributed by atoms with van der Waals surface area (Å²) in [6, 6.07) is 6.04. The predicted molar refractivity (Wildman–Crippen MR) is 88.0 cm³/mol. The number of fused-ring (bicyclic) bond motifs is 1. The van der Waals surface area contributed by atoms with Gasteiger partial charge in [0.2, 0.25) is 5.91 Å². The molecule has 1 aliphatic heterocycles. The second-order valence-electron chi connectivity index (χ2n) is 5.26. The van der Waals surface area contributed by atoms with Crippen molar-refractivity contribution in [2.45, 2.75) is 24.8 Å². The Morgan fingerprint density at radius 2 is 2.08 bits per heavy atom. The van der Waals surface area contributed by atoms with E-state index in [1.807, 2.05) is 12.3 Å². The third-order valence-corrected chi connectivity index (χ3v) is 6.25. The largest absolute Gasteiger partial charge is 0.350 e. The van der Waals surface area contributed by atoms with Crippen molar-refractivity contribution >= 4 is 33.2 Å². The number of rotatable bonds is 5. The first-order valence-corrected chi connectivity index (χ1v) is 9.55. The highest BCUT2D eigenvalue weighted by Crippen LogP contribution is 2.29. The molecule has 7 nitrogen and oxygen atoms in total. The van der Waals surface area contributed by atoms with Crippen LogP contribution in [0.1, 0.15) is 27.5 Å². The van der Waals surface area contributed by atoms with Crippen molar-refractivity contribution in [1.82, 2.24) is 14.6 Å². The molecule has 126 valence electrons. The third kappa shape index (κ3) is 3.04. The number of amides is 2. The molecule has 0 spiro atoms. The molecular formula is C15H15N3O4S2. The second-order valence-corrected chi connectivity index (χ2v) is 8.16. The van der Waals surface area contributed by atoms with Crippen molar-refractivity contribution in [2.75, 3.05) is 6.54 Å². The Morgan fingerprint density at radius 3 is 2.75 bits per heavy atom. The van der Waals surface area contributed by atoms with Gasteiger partial charge in [-0.3, -0.25) is 9.59 Å². The number of carbonyl (C=O) groups excluding carboxylic acids is 2. The van der Waals surface area contributed by atoms with E-state index in [1.54, 1.807) is 12.1 Å². The lowest BCUT2D eigenvalue weighted by atomic mass is 10.2. The zero-order valence-electron chi connectivity index (χ0n) is 12.9. The first-order chi connectivity index (χ1) is 11.4.